The van der Waals surface area contributed by atoms with Crippen molar-refractivity contribution in [3.63, 3.8) is 0 Å². The number of aryl methyl sites for hydroxylation is 2. The van der Waals surface area contributed by atoms with Crippen LogP contribution in [0.3, 0.4) is 0 Å². The standard InChI is InChI=1S/C17H25N3O/c1-4-15(18)12-14-11-13(2)5-6-16(14)21-10-7-17-19-8-9-20(17)3/h5-6,8-9,11,15H,4,7,10,12,18H2,1-3H3. The lowest BCUT2D eigenvalue weighted by molar-refractivity contribution is 0.313. The molecule has 2 rings (SSSR count). The van der Waals surface area contributed by atoms with Crippen molar-refractivity contribution >= 4 is 0 Å². The highest BCUT2D eigenvalue weighted by Crippen LogP contribution is 2.22. The zero-order chi connectivity index (χ0) is 15.2. The van der Waals surface area contributed by atoms with Crippen molar-refractivity contribution in [3.8, 4) is 5.75 Å². The second kappa shape index (κ2) is 7.27. The van der Waals surface area contributed by atoms with Crippen LogP contribution in [0.2, 0.25) is 0 Å². The number of hydrogen-bond acceptors (Lipinski definition) is 3. The molecule has 0 bridgehead atoms. The highest BCUT2D eigenvalue weighted by molar-refractivity contribution is 5.37. The molecule has 2 aromatic rings. The van der Waals surface area contributed by atoms with E-state index in [0.29, 0.717) is 6.61 Å². The van der Waals surface area contributed by atoms with Crippen LogP contribution in [0.1, 0.15) is 30.3 Å². The van der Waals surface area contributed by atoms with E-state index >= 15 is 0 Å². The summed E-state index contributed by atoms with van der Waals surface area (Å²) in [6.45, 7) is 4.84. The summed E-state index contributed by atoms with van der Waals surface area (Å²) < 4.78 is 7.98. The largest absolute Gasteiger partial charge is 0.493 e. The molecule has 1 atom stereocenters. The fraction of sp³-hybridized carbons (Fsp3) is 0.471. The average molecular weight is 287 g/mol. The highest BCUT2D eigenvalue weighted by Gasteiger charge is 2.09. The molecule has 0 amide bonds. The molecule has 0 fully saturated rings. The molecular weight excluding hydrogens is 262 g/mol. The van der Waals surface area contributed by atoms with E-state index in [1.54, 1.807) is 0 Å². The lowest BCUT2D eigenvalue weighted by Crippen LogP contribution is -2.22. The van der Waals surface area contributed by atoms with E-state index in [1.807, 2.05) is 30.1 Å². The molecule has 4 heteroatoms. The summed E-state index contributed by atoms with van der Waals surface area (Å²) in [5.41, 5.74) is 8.52. The van der Waals surface area contributed by atoms with E-state index in [0.717, 1.165) is 30.8 Å². The summed E-state index contributed by atoms with van der Waals surface area (Å²) >= 11 is 0. The third-order valence-corrected chi connectivity index (χ3v) is 3.73. The first-order chi connectivity index (χ1) is 10.1. The number of rotatable bonds is 7. The summed E-state index contributed by atoms with van der Waals surface area (Å²) in [5, 5.41) is 0. The first-order valence-electron chi connectivity index (χ1n) is 7.54. The van der Waals surface area contributed by atoms with Gasteiger partial charge in [0.25, 0.3) is 0 Å². The third kappa shape index (κ3) is 4.33. The van der Waals surface area contributed by atoms with Gasteiger partial charge in [0, 0.05) is 31.9 Å². The first-order valence-corrected chi connectivity index (χ1v) is 7.54. The Morgan fingerprint density at radius 2 is 2.19 bits per heavy atom. The maximum atomic E-state index is 6.08. The predicted molar refractivity (Wildman–Crippen MR) is 85.6 cm³/mol. The highest BCUT2D eigenvalue weighted by atomic mass is 16.5. The van der Waals surface area contributed by atoms with Crippen molar-refractivity contribution in [1.29, 1.82) is 0 Å². The Kier molecular flexibility index (Phi) is 5.39. The van der Waals surface area contributed by atoms with Crippen molar-refractivity contribution < 1.29 is 4.74 Å². The van der Waals surface area contributed by atoms with Crippen molar-refractivity contribution in [2.45, 2.75) is 39.2 Å². The Hall–Kier alpha value is -1.81. The first kappa shape index (κ1) is 15.6. The quantitative estimate of drug-likeness (QED) is 0.851. The second-order valence-corrected chi connectivity index (χ2v) is 5.54. The van der Waals surface area contributed by atoms with Crippen LogP contribution in [0.15, 0.2) is 30.6 Å². The van der Waals surface area contributed by atoms with E-state index < -0.39 is 0 Å². The van der Waals surface area contributed by atoms with Gasteiger partial charge in [0.05, 0.1) is 6.61 Å². The van der Waals surface area contributed by atoms with Crippen LogP contribution >= 0.6 is 0 Å². The monoisotopic (exact) mass is 287 g/mol. The fourth-order valence-corrected chi connectivity index (χ4v) is 2.33. The molecule has 0 aliphatic heterocycles. The summed E-state index contributed by atoms with van der Waals surface area (Å²) in [6, 6.07) is 6.48. The molecule has 114 valence electrons. The minimum Gasteiger partial charge on any atom is -0.493 e. The van der Waals surface area contributed by atoms with Crippen molar-refractivity contribution in [3.05, 3.63) is 47.5 Å². The maximum Gasteiger partial charge on any atom is 0.122 e. The van der Waals surface area contributed by atoms with Crippen LogP contribution in [0.4, 0.5) is 0 Å². The molecule has 1 aromatic heterocycles. The van der Waals surface area contributed by atoms with E-state index in [1.165, 1.54) is 11.1 Å². The molecule has 0 saturated carbocycles. The van der Waals surface area contributed by atoms with Crippen LogP contribution in [0.5, 0.6) is 5.75 Å². The molecule has 0 saturated heterocycles. The molecule has 0 aliphatic rings. The van der Waals surface area contributed by atoms with E-state index in [2.05, 4.69) is 31.0 Å². The van der Waals surface area contributed by atoms with Gasteiger partial charge in [-0.25, -0.2) is 4.98 Å². The summed E-state index contributed by atoms with van der Waals surface area (Å²) in [6.07, 6.45) is 6.40. The Labute approximate surface area is 127 Å². The van der Waals surface area contributed by atoms with Crippen LogP contribution in [0.25, 0.3) is 0 Å². The molecule has 1 unspecified atom stereocenters. The number of ether oxygens (including phenoxy) is 1. The van der Waals surface area contributed by atoms with Gasteiger partial charge in [-0.2, -0.15) is 0 Å². The molecule has 1 aromatic carbocycles. The zero-order valence-electron chi connectivity index (χ0n) is 13.2. The predicted octanol–water partition coefficient (Wildman–Crippen LogP) is 2.63. The molecule has 0 spiro atoms. The summed E-state index contributed by atoms with van der Waals surface area (Å²) in [5.74, 6) is 1.98. The lowest BCUT2D eigenvalue weighted by Gasteiger charge is -2.15. The summed E-state index contributed by atoms with van der Waals surface area (Å²) in [4.78, 5) is 4.31. The van der Waals surface area contributed by atoms with Crippen molar-refractivity contribution in [2.75, 3.05) is 6.61 Å². The van der Waals surface area contributed by atoms with Gasteiger partial charge < -0.3 is 15.0 Å². The molecule has 1 heterocycles. The number of imidazole rings is 1. The normalized spacial score (nSPS) is 12.4. The topological polar surface area (TPSA) is 53.1 Å². The Balaban J connectivity index is 2.00. The molecule has 2 N–H and O–H groups in total. The van der Waals surface area contributed by atoms with E-state index in [-0.39, 0.29) is 6.04 Å². The smallest absolute Gasteiger partial charge is 0.122 e. The van der Waals surface area contributed by atoms with E-state index in [4.69, 9.17) is 10.5 Å². The van der Waals surface area contributed by atoms with Crippen LogP contribution in [0, 0.1) is 6.92 Å². The van der Waals surface area contributed by atoms with Gasteiger partial charge in [0.2, 0.25) is 0 Å². The Bertz CT molecular complexity index is 577. The molecule has 21 heavy (non-hydrogen) atoms. The van der Waals surface area contributed by atoms with Crippen LogP contribution < -0.4 is 10.5 Å². The average Bonchev–Trinajstić information content (AvgIpc) is 2.86. The Morgan fingerprint density at radius 3 is 2.86 bits per heavy atom. The van der Waals surface area contributed by atoms with Crippen molar-refractivity contribution in [1.82, 2.24) is 9.55 Å². The number of nitrogens with two attached hydrogens (primary N) is 1. The van der Waals surface area contributed by atoms with Gasteiger partial charge in [0.15, 0.2) is 0 Å². The Morgan fingerprint density at radius 1 is 1.38 bits per heavy atom. The third-order valence-electron chi connectivity index (χ3n) is 3.73. The second-order valence-electron chi connectivity index (χ2n) is 5.54. The van der Waals surface area contributed by atoms with Gasteiger partial charge >= 0.3 is 0 Å². The minimum atomic E-state index is 0.184. The number of nitrogens with zero attached hydrogens (tertiary/aromatic N) is 2. The number of benzene rings is 1. The SMILES string of the molecule is CCC(N)Cc1cc(C)ccc1OCCc1nccn1C. The number of hydrogen-bond donors (Lipinski definition) is 1. The minimum absolute atomic E-state index is 0.184. The molecule has 0 radical (unpaired) electrons. The fourth-order valence-electron chi connectivity index (χ4n) is 2.33. The number of aromatic nitrogens is 2. The van der Waals surface area contributed by atoms with Gasteiger partial charge in [-0.3, -0.25) is 0 Å². The zero-order valence-corrected chi connectivity index (χ0v) is 13.2. The van der Waals surface area contributed by atoms with Gasteiger partial charge in [-0.1, -0.05) is 24.6 Å². The maximum absolute atomic E-state index is 6.08. The van der Waals surface area contributed by atoms with Gasteiger partial charge in [-0.15, -0.1) is 0 Å². The van der Waals surface area contributed by atoms with Crippen molar-refractivity contribution in [2.24, 2.45) is 12.8 Å². The lowest BCUT2D eigenvalue weighted by atomic mass is 10.0. The summed E-state index contributed by atoms with van der Waals surface area (Å²) in [7, 11) is 2.00. The molecular formula is C17H25N3O. The van der Waals surface area contributed by atoms with E-state index in [9.17, 15) is 0 Å². The van der Waals surface area contributed by atoms with Gasteiger partial charge in [0.1, 0.15) is 11.6 Å². The van der Waals surface area contributed by atoms with Crippen LogP contribution in [-0.4, -0.2) is 22.2 Å². The van der Waals surface area contributed by atoms with Crippen LogP contribution in [-0.2, 0) is 19.9 Å². The molecule has 0 aliphatic carbocycles. The molecule has 4 nitrogen and oxygen atoms in total. The van der Waals surface area contributed by atoms with Gasteiger partial charge in [-0.05, 0) is 31.4 Å².